The first-order valence-electron chi connectivity index (χ1n) is 8.10. The number of aryl methyl sites for hydroxylation is 2. The van der Waals surface area contributed by atoms with E-state index in [2.05, 4.69) is 20.6 Å². The van der Waals surface area contributed by atoms with Gasteiger partial charge in [0.1, 0.15) is 17.8 Å². The molecule has 138 valence electrons. The monoisotopic (exact) mass is 394 g/mol. The van der Waals surface area contributed by atoms with Gasteiger partial charge in [-0.3, -0.25) is 4.79 Å². The molecule has 7 nitrogen and oxygen atoms in total. The molecule has 1 unspecified atom stereocenters. The maximum Gasteiger partial charge on any atom is 0.270 e. The van der Waals surface area contributed by atoms with Crippen molar-refractivity contribution >= 4 is 38.9 Å². The average molecular weight is 395 g/mol. The lowest BCUT2D eigenvalue weighted by molar-refractivity contribution is 0.0936. The van der Waals surface area contributed by atoms with Crippen molar-refractivity contribution in [2.45, 2.75) is 26.3 Å². The van der Waals surface area contributed by atoms with E-state index in [9.17, 15) is 13.2 Å². The van der Waals surface area contributed by atoms with Gasteiger partial charge in [-0.05, 0) is 37.5 Å². The van der Waals surface area contributed by atoms with Gasteiger partial charge in [-0.15, -0.1) is 0 Å². The van der Waals surface area contributed by atoms with Crippen LogP contribution in [-0.2, 0) is 9.84 Å². The van der Waals surface area contributed by atoms with E-state index < -0.39 is 15.7 Å². The maximum absolute atomic E-state index is 12.3. The van der Waals surface area contributed by atoms with Crippen molar-refractivity contribution < 1.29 is 13.2 Å². The lowest BCUT2D eigenvalue weighted by atomic mass is 10.1. The second-order valence-electron chi connectivity index (χ2n) is 6.43. The Hall–Kier alpha value is -2.19. The van der Waals surface area contributed by atoms with E-state index in [0.29, 0.717) is 22.9 Å². The number of sulfone groups is 1. The predicted octanol–water partition coefficient (Wildman–Crippen LogP) is 2.41. The van der Waals surface area contributed by atoms with Crippen LogP contribution in [-0.4, -0.2) is 41.8 Å². The molecule has 9 heteroatoms. The highest BCUT2D eigenvalue weighted by atomic mass is 35.5. The first-order chi connectivity index (χ1) is 12.2. The highest BCUT2D eigenvalue weighted by Crippen LogP contribution is 2.29. The molecule has 3 rings (SSSR count). The van der Waals surface area contributed by atoms with E-state index >= 15 is 0 Å². The molecule has 0 spiro atoms. The summed E-state index contributed by atoms with van der Waals surface area (Å²) in [6, 6.07) is 4.96. The molecule has 0 aliphatic carbocycles. The van der Waals surface area contributed by atoms with E-state index in [4.69, 9.17) is 11.6 Å². The molecule has 26 heavy (non-hydrogen) atoms. The van der Waals surface area contributed by atoms with Gasteiger partial charge in [-0.2, -0.15) is 0 Å². The predicted molar refractivity (Wildman–Crippen MR) is 101 cm³/mol. The van der Waals surface area contributed by atoms with Gasteiger partial charge < -0.3 is 10.6 Å². The van der Waals surface area contributed by atoms with Gasteiger partial charge in [0.05, 0.1) is 22.2 Å². The van der Waals surface area contributed by atoms with E-state index in [1.54, 1.807) is 0 Å². The molecule has 1 amide bonds. The Morgan fingerprint density at radius 2 is 2.00 bits per heavy atom. The molecule has 0 saturated carbocycles. The summed E-state index contributed by atoms with van der Waals surface area (Å²) in [5, 5.41) is 6.38. The van der Waals surface area contributed by atoms with E-state index in [-0.39, 0.29) is 23.2 Å². The number of amides is 1. The molecule has 1 atom stereocenters. The van der Waals surface area contributed by atoms with Gasteiger partial charge in [0.25, 0.3) is 5.91 Å². The number of benzene rings is 1. The van der Waals surface area contributed by atoms with Crippen molar-refractivity contribution in [3.63, 3.8) is 0 Å². The van der Waals surface area contributed by atoms with Gasteiger partial charge in [0.2, 0.25) is 0 Å². The number of rotatable bonds is 4. The minimum Gasteiger partial charge on any atom is -0.347 e. The molecule has 1 aromatic carbocycles. The molecule has 1 saturated heterocycles. The highest BCUT2D eigenvalue weighted by Gasteiger charge is 2.29. The van der Waals surface area contributed by atoms with Crippen LogP contribution in [0.15, 0.2) is 24.5 Å². The van der Waals surface area contributed by atoms with Crippen molar-refractivity contribution in [3.8, 4) is 0 Å². The summed E-state index contributed by atoms with van der Waals surface area (Å²) in [7, 11) is -3.06. The van der Waals surface area contributed by atoms with Gasteiger partial charge in [0.15, 0.2) is 9.84 Å². The second kappa shape index (κ2) is 7.20. The first-order valence-corrected chi connectivity index (χ1v) is 10.3. The normalized spacial score (nSPS) is 18.5. The van der Waals surface area contributed by atoms with Crippen LogP contribution < -0.4 is 10.6 Å². The Bertz CT molecular complexity index is 939. The van der Waals surface area contributed by atoms with E-state index in [1.807, 2.05) is 26.0 Å². The highest BCUT2D eigenvalue weighted by molar-refractivity contribution is 7.91. The Labute approximate surface area is 157 Å². The molecular weight excluding hydrogens is 376 g/mol. The fraction of sp³-hybridized carbons (Fsp3) is 0.353. The van der Waals surface area contributed by atoms with Crippen LogP contribution in [0.25, 0.3) is 0 Å². The Morgan fingerprint density at radius 3 is 2.65 bits per heavy atom. The van der Waals surface area contributed by atoms with Gasteiger partial charge in [0, 0.05) is 12.1 Å². The smallest absolute Gasteiger partial charge is 0.270 e. The number of anilines is 2. The molecule has 2 aromatic rings. The van der Waals surface area contributed by atoms with Gasteiger partial charge in [-0.25, -0.2) is 18.4 Å². The van der Waals surface area contributed by atoms with Crippen LogP contribution in [0.5, 0.6) is 0 Å². The topological polar surface area (TPSA) is 101 Å². The zero-order chi connectivity index (χ0) is 18.9. The third kappa shape index (κ3) is 4.31. The maximum atomic E-state index is 12.3. The summed E-state index contributed by atoms with van der Waals surface area (Å²) in [5.74, 6) is 0.0645. The van der Waals surface area contributed by atoms with Crippen molar-refractivity contribution in [2.24, 2.45) is 0 Å². The minimum atomic E-state index is -3.06. The van der Waals surface area contributed by atoms with Crippen molar-refractivity contribution in [1.82, 2.24) is 15.3 Å². The zero-order valence-electron chi connectivity index (χ0n) is 14.4. The Kier molecular flexibility index (Phi) is 5.15. The largest absolute Gasteiger partial charge is 0.347 e. The van der Waals surface area contributed by atoms with Crippen LogP contribution in [0.1, 0.15) is 28.0 Å². The number of carbonyl (C=O) groups is 1. The Morgan fingerprint density at radius 1 is 1.23 bits per heavy atom. The molecule has 1 aliphatic rings. The fourth-order valence-electron chi connectivity index (χ4n) is 2.92. The quantitative estimate of drug-likeness (QED) is 0.825. The summed E-state index contributed by atoms with van der Waals surface area (Å²) < 4.78 is 23.0. The molecule has 2 heterocycles. The molecule has 1 aliphatic heterocycles. The fourth-order valence-corrected chi connectivity index (χ4v) is 4.96. The third-order valence-corrected chi connectivity index (χ3v) is 6.22. The van der Waals surface area contributed by atoms with Crippen LogP contribution >= 0.6 is 11.6 Å². The summed E-state index contributed by atoms with van der Waals surface area (Å²) >= 11 is 6.29. The summed E-state index contributed by atoms with van der Waals surface area (Å²) in [5.41, 5.74) is 2.87. The summed E-state index contributed by atoms with van der Waals surface area (Å²) in [6.07, 6.45) is 1.70. The molecule has 1 fully saturated rings. The lowest BCUT2D eigenvalue weighted by Crippen LogP contribution is -2.36. The lowest BCUT2D eigenvalue weighted by Gasteiger charge is -2.13. The van der Waals surface area contributed by atoms with Crippen LogP contribution in [0.2, 0.25) is 5.02 Å². The van der Waals surface area contributed by atoms with Crippen LogP contribution in [0.4, 0.5) is 11.5 Å². The molecule has 1 aromatic heterocycles. The standard InChI is InChI=1S/C17H19ClN4O3S/c1-10-5-11(2)16(13(18)6-10)22-15-7-14(19-9-20-15)17(23)21-12-3-4-26(24,25)8-12/h5-7,9,12H,3-4,8H2,1-2H3,(H,21,23)(H,19,20,22). The first kappa shape index (κ1) is 18.6. The number of halogens is 1. The Balaban J connectivity index is 1.75. The van der Waals surface area contributed by atoms with E-state index in [0.717, 1.165) is 11.1 Å². The zero-order valence-corrected chi connectivity index (χ0v) is 16.0. The van der Waals surface area contributed by atoms with Crippen LogP contribution in [0, 0.1) is 13.8 Å². The summed E-state index contributed by atoms with van der Waals surface area (Å²) in [4.78, 5) is 20.4. The number of nitrogens with one attached hydrogen (secondary N) is 2. The number of carbonyl (C=O) groups excluding carboxylic acids is 1. The summed E-state index contributed by atoms with van der Waals surface area (Å²) in [6.45, 7) is 3.88. The second-order valence-corrected chi connectivity index (χ2v) is 9.06. The number of nitrogens with zero attached hydrogens (tertiary/aromatic N) is 2. The van der Waals surface area contributed by atoms with Crippen LogP contribution in [0.3, 0.4) is 0 Å². The molecular formula is C17H19ClN4O3S. The minimum absolute atomic E-state index is 0.0346. The molecule has 0 bridgehead atoms. The number of hydrogen-bond acceptors (Lipinski definition) is 6. The molecule has 2 N–H and O–H groups in total. The SMILES string of the molecule is Cc1cc(C)c(Nc2cc(C(=O)NC3CCS(=O)(=O)C3)ncn2)c(Cl)c1. The van der Waals surface area contributed by atoms with Crippen molar-refractivity contribution in [3.05, 3.63) is 46.4 Å². The van der Waals surface area contributed by atoms with Gasteiger partial charge >= 0.3 is 0 Å². The van der Waals surface area contributed by atoms with Gasteiger partial charge in [-0.1, -0.05) is 17.7 Å². The van der Waals surface area contributed by atoms with Crippen molar-refractivity contribution in [2.75, 3.05) is 16.8 Å². The average Bonchev–Trinajstić information content (AvgIpc) is 2.90. The number of aromatic nitrogens is 2. The van der Waals surface area contributed by atoms with E-state index in [1.165, 1.54) is 12.4 Å². The van der Waals surface area contributed by atoms with Crippen molar-refractivity contribution in [1.29, 1.82) is 0 Å². The molecule has 0 radical (unpaired) electrons. The number of hydrogen-bond donors (Lipinski definition) is 2. The third-order valence-electron chi connectivity index (χ3n) is 4.15.